The van der Waals surface area contributed by atoms with E-state index in [4.69, 9.17) is 9.47 Å². The van der Waals surface area contributed by atoms with Crippen LogP contribution in [0.1, 0.15) is 34.8 Å². The Morgan fingerprint density at radius 1 is 1.06 bits per heavy atom. The summed E-state index contributed by atoms with van der Waals surface area (Å²) in [6, 6.07) is 19.6. The number of rotatable bonds is 9. The van der Waals surface area contributed by atoms with Gasteiger partial charge in [0, 0.05) is 32.0 Å². The number of aliphatic hydroxyl groups is 1. The number of Topliss-reactive ketones (excluding diaryl/α,β-unsaturated/α-hetero) is 1. The van der Waals surface area contributed by atoms with Crippen LogP contribution in [-0.4, -0.2) is 46.9 Å². The summed E-state index contributed by atoms with van der Waals surface area (Å²) in [6.45, 7) is 3.04. The monoisotopic (exact) mass is 472 g/mol. The standard InChI is InChI=1S/C28H28N2O5/c1-19-17-21(12-13-23(19)35-18-20-9-4-3-5-10-20)26(31)24-25(22-11-6-7-14-29-22)30(15-8-16-34-2)28(33)27(24)32/h3-7,9-14,17,25,31H,8,15-16,18H2,1-2H3/b26-24-. The van der Waals surface area contributed by atoms with Gasteiger partial charge in [-0.2, -0.15) is 0 Å². The number of amides is 1. The molecule has 0 aliphatic carbocycles. The van der Waals surface area contributed by atoms with E-state index in [0.29, 0.717) is 43.2 Å². The zero-order valence-electron chi connectivity index (χ0n) is 19.8. The minimum atomic E-state index is -0.776. The number of likely N-dealkylation sites (tertiary alicyclic amines) is 1. The van der Waals surface area contributed by atoms with Crippen LogP contribution in [0.25, 0.3) is 5.76 Å². The van der Waals surface area contributed by atoms with Gasteiger partial charge in [-0.3, -0.25) is 14.6 Å². The van der Waals surface area contributed by atoms with Crippen molar-refractivity contribution in [1.29, 1.82) is 0 Å². The first kappa shape index (κ1) is 24.2. The molecular weight excluding hydrogens is 444 g/mol. The number of aliphatic hydroxyl groups excluding tert-OH is 1. The second-order valence-electron chi connectivity index (χ2n) is 8.35. The maximum absolute atomic E-state index is 13.1. The highest BCUT2D eigenvalue weighted by molar-refractivity contribution is 6.46. The molecule has 1 amide bonds. The second kappa shape index (κ2) is 11.0. The van der Waals surface area contributed by atoms with E-state index in [1.54, 1.807) is 49.7 Å². The van der Waals surface area contributed by atoms with Crippen molar-refractivity contribution >= 4 is 17.4 Å². The predicted octanol–water partition coefficient (Wildman–Crippen LogP) is 4.43. The summed E-state index contributed by atoms with van der Waals surface area (Å²) in [4.78, 5) is 31.8. The lowest BCUT2D eigenvalue weighted by atomic mass is 9.97. The molecule has 0 spiro atoms. The lowest BCUT2D eigenvalue weighted by molar-refractivity contribution is -0.140. The van der Waals surface area contributed by atoms with Gasteiger partial charge in [-0.05, 0) is 54.8 Å². The number of nitrogens with zero attached hydrogens (tertiary/aromatic N) is 2. The van der Waals surface area contributed by atoms with E-state index in [9.17, 15) is 14.7 Å². The fourth-order valence-electron chi connectivity index (χ4n) is 4.18. The lowest BCUT2D eigenvalue weighted by Crippen LogP contribution is -2.31. The van der Waals surface area contributed by atoms with Crippen LogP contribution in [0.2, 0.25) is 0 Å². The molecule has 1 aliphatic heterocycles. The molecule has 180 valence electrons. The molecule has 1 atom stereocenters. The van der Waals surface area contributed by atoms with Crippen LogP contribution in [0.3, 0.4) is 0 Å². The van der Waals surface area contributed by atoms with Crippen LogP contribution in [-0.2, 0) is 20.9 Å². The Kier molecular flexibility index (Phi) is 7.57. The summed E-state index contributed by atoms with van der Waals surface area (Å²) in [7, 11) is 1.58. The Labute approximate surface area is 204 Å². The van der Waals surface area contributed by atoms with Gasteiger partial charge in [-0.25, -0.2) is 0 Å². The smallest absolute Gasteiger partial charge is 0.295 e. The normalized spacial score (nSPS) is 17.1. The maximum Gasteiger partial charge on any atom is 0.295 e. The van der Waals surface area contributed by atoms with Gasteiger partial charge < -0.3 is 19.5 Å². The van der Waals surface area contributed by atoms with Crippen molar-refractivity contribution in [3.05, 3.63) is 101 Å². The Morgan fingerprint density at radius 2 is 1.83 bits per heavy atom. The molecule has 0 bridgehead atoms. The molecule has 1 aliphatic rings. The number of aryl methyl sites for hydroxylation is 1. The fraction of sp³-hybridized carbons (Fsp3) is 0.250. The third-order valence-electron chi connectivity index (χ3n) is 5.94. The molecular formula is C28H28N2O5. The minimum absolute atomic E-state index is 0.0310. The number of hydrogen-bond acceptors (Lipinski definition) is 6. The molecule has 35 heavy (non-hydrogen) atoms. The third kappa shape index (κ3) is 5.25. The Balaban J connectivity index is 1.66. The highest BCUT2D eigenvalue weighted by atomic mass is 16.5. The molecule has 0 saturated carbocycles. The number of benzene rings is 2. The van der Waals surface area contributed by atoms with Gasteiger partial charge >= 0.3 is 0 Å². The van der Waals surface area contributed by atoms with Gasteiger partial charge in [0.15, 0.2) is 0 Å². The van der Waals surface area contributed by atoms with E-state index in [0.717, 1.165) is 11.1 Å². The average Bonchev–Trinajstić information content (AvgIpc) is 3.14. The molecule has 4 rings (SSSR count). The Bertz CT molecular complexity index is 1220. The fourth-order valence-corrected chi connectivity index (χ4v) is 4.18. The van der Waals surface area contributed by atoms with Crippen molar-refractivity contribution in [2.45, 2.75) is 26.0 Å². The number of methoxy groups -OCH3 is 1. The zero-order chi connectivity index (χ0) is 24.8. The molecule has 7 heteroatoms. The first-order valence-electron chi connectivity index (χ1n) is 11.5. The quantitative estimate of drug-likeness (QED) is 0.215. The van der Waals surface area contributed by atoms with Gasteiger partial charge in [0.05, 0.1) is 11.3 Å². The van der Waals surface area contributed by atoms with E-state index in [1.807, 2.05) is 37.3 Å². The van der Waals surface area contributed by atoms with Gasteiger partial charge in [-0.1, -0.05) is 36.4 Å². The highest BCUT2D eigenvalue weighted by Crippen LogP contribution is 2.39. The highest BCUT2D eigenvalue weighted by Gasteiger charge is 2.46. The van der Waals surface area contributed by atoms with Gasteiger partial charge in [0.1, 0.15) is 24.2 Å². The van der Waals surface area contributed by atoms with Crippen molar-refractivity contribution in [2.24, 2.45) is 0 Å². The molecule has 3 aromatic rings. The zero-order valence-corrected chi connectivity index (χ0v) is 19.8. The molecule has 1 aromatic heterocycles. The van der Waals surface area contributed by atoms with Crippen LogP contribution in [0.15, 0.2) is 78.5 Å². The molecule has 1 saturated heterocycles. The molecule has 2 aromatic carbocycles. The Hall–Kier alpha value is -3.97. The van der Waals surface area contributed by atoms with E-state index >= 15 is 0 Å². The number of aromatic nitrogens is 1. The summed E-state index contributed by atoms with van der Waals surface area (Å²) in [5, 5.41) is 11.2. The number of carbonyl (C=O) groups is 2. The molecule has 1 fully saturated rings. The first-order valence-corrected chi connectivity index (χ1v) is 11.5. The first-order chi connectivity index (χ1) is 17.0. The van der Waals surface area contributed by atoms with Crippen LogP contribution < -0.4 is 4.74 Å². The molecule has 1 N–H and O–H groups in total. The van der Waals surface area contributed by atoms with E-state index in [-0.39, 0.29) is 11.3 Å². The number of ketones is 1. The van der Waals surface area contributed by atoms with Crippen LogP contribution in [0, 0.1) is 6.92 Å². The summed E-state index contributed by atoms with van der Waals surface area (Å²) in [5.74, 6) is -0.937. The van der Waals surface area contributed by atoms with Crippen molar-refractivity contribution in [3.63, 3.8) is 0 Å². The van der Waals surface area contributed by atoms with Crippen LogP contribution in [0.5, 0.6) is 5.75 Å². The second-order valence-corrected chi connectivity index (χ2v) is 8.35. The van der Waals surface area contributed by atoms with E-state index < -0.39 is 17.7 Å². The predicted molar refractivity (Wildman–Crippen MR) is 132 cm³/mol. The SMILES string of the molecule is COCCCN1C(=O)C(=O)/C(=C(\O)c2ccc(OCc3ccccc3)c(C)c2)C1c1ccccn1. The van der Waals surface area contributed by atoms with Gasteiger partial charge in [0.25, 0.3) is 11.7 Å². The molecule has 2 heterocycles. The lowest BCUT2D eigenvalue weighted by Gasteiger charge is -2.24. The molecule has 0 radical (unpaired) electrons. The maximum atomic E-state index is 13.1. The van der Waals surface area contributed by atoms with Crippen LogP contribution in [0.4, 0.5) is 0 Å². The Morgan fingerprint density at radius 3 is 2.51 bits per heavy atom. The van der Waals surface area contributed by atoms with Crippen molar-refractivity contribution in [1.82, 2.24) is 9.88 Å². The summed E-state index contributed by atoms with van der Waals surface area (Å²) >= 11 is 0. The number of pyridine rings is 1. The summed E-state index contributed by atoms with van der Waals surface area (Å²) in [5.41, 5.74) is 2.83. The molecule has 7 nitrogen and oxygen atoms in total. The van der Waals surface area contributed by atoms with E-state index in [2.05, 4.69) is 4.98 Å². The van der Waals surface area contributed by atoms with E-state index in [1.165, 1.54) is 4.90 Å². The minimum Gasteiger partial charge on any atom is -0.507 e. The average molecular weight is 473 g/mol. The number of hydrogen-bond donors (Lipinski definition) is 1. The van der Waals surface area contributed by atoms with Gasteiger partial charge in [0.2, 0.25) is 0 Å². The molecule has 1 unspecified atom stereocenters. The number of carbonyl (C=O) groups excluding carboxylic acids is 2. The topological polar surface area (TPSA) is 89.0 Å². The number of ether oxygens (including phenoxy) is 2. The summed E-state index contributed by atoms with van der Waals surface area (Å²) in [6.07, 6.45) is 2.16. The summed E-state index contributed by atoms with van der Waals surface area (Å²) < 4.78 is 11.0. The van der Waals surface area contributed by atoms with Crippen LogP contribution >= 0.6 is 0 Å². The van der Waals surface area contributed by atoms with Gasteiger partial charge in [-0.15, -0.1) is 0 Å². The van der Waals surface area contributed by atoms with Crippen molar-refractivity contribution in [3.8, 4) is 5.75 Å². The van der Waals surface area contributed by atoms with Crippen molar-refractivity contribution < 1.29 is 24.2 Å². The largest absolute Gasteiger partial charge is 0.507 e. The third-order valence-corrected chi connectivity index (χ3v) is 5.94. The van der Waals surface area contributed by atoms with Crippen molar-refractivity contribution in [2.75, 3.05) is 20.3 Å².